The van der Waals surface area contributed by atoms with Crippen molar-refractivity contribution in [2.24, 2.45) is 0 Å². The first-order valence-corrected chi connectivity index (χ1v) is 8.51. The van der Waals surface area contributed by atoms with Gasteiger partial charge < -0.3 is 14.6 Å². The van der Waals surface area contributed by atoms with Gasteiger partial charge in [0.2, 0.25) is 0 Å². The van der Waals surface area contributed by atoms with E-state index >= 15 is 0 Å². The Hall–Kier alpha value is -3.72. The van der Waals surface area contributed by atoms with E-state index in [-0.39, 0.29) is 33.8 Å². The van der Waals surface area contributed by atoms with Crippen LogP contribution in [-0.4, -0.2) is 46.1 Å². The molecule has 0 aromatic heterocycles. The number of carbonyl (C=O) groups is 4. The molecule has 0 saturated heterocycles. The molecule has 0 amide bonds. The van der Waals surface area contributed by atoms with Gasteiger partial charge in [0.05, 0.1) is 0 Å². The Balaban J connectivity index is 1.93. The standard InChI is InChI=1S/C20H16O9/c1-9(19(23)24)27-11-3-5-13-15(7-11)17(21)14-6-4-12(8-16(14)18(13)22)28-10(2)20(25)29-26/h3-10,26H,1-2H3,(H,23,24). The molecule has 1 aliphatic rings. The molecule has 0 bridgehead atoms. The number of ketones is 2. The van der Waals surface area contributed by atoms with E-state index in [4.69, 9.17) is 19.8 Å². The molecule has 2 N–H and O–H groups in total. The Bertz CT molecular complexity index is 1020. The second-order valence-electron chi connectivity index (χ2n) is 6.34. The lowest BCUT2D eigenvalue weighted by Crippen LogP contribution is -2.26. The molecule has 0 radical (unpaired) electrons. The molecule has 0 heterocycles. The van der Waals surface area contributed by atoms with Gasteiger partial charge in [-0.1, -0.05) is 0 Å². The van der Waals surface area contributed by atoms with Gasteiger partial charge >= 0.3 is 11.9 Å². The number of hydrogen-bond acceptors (Lipinski definition) is 8. The van der Waals surface area contributed by atoms with Crippen molar-refractivity contribution in [1.29, 1.82) is 0 Å². The third-order valence-corrected chi connectivity index (χ3v) is 4.36. The number of carboxylic acids is 1. The summed E-state index contributed by atoms with van der Waals surface area (Å²) >= 11 is 0. The Morgan fingerprint density at radius 2 is 1.24 bits per heavy atom. The molecule has 1 aliphatic carbocycles. The summed E-state index contributed by atoms with van der Waals surface area (Å²) in [4.78, 5) is 51.5. The first-order chi connectivity index (χ1) is 13.7. The molecule has 0 saturated carbocycles. The van der Waals surface area contributed by atoms with Gasteiger partial charge in [-0.25, -0.2) is 9.59 Å². The van der Waals surface area contributed by atoms with Gasteiger partial charge in [0.1, 0.15) is 11.5 Å². The minimum atomic E-state index is -1.16. The van der Waals surface area contributed by atoms with Crippen molar-refractivity contribution in [3.63, 3.8) is 0 Å². The summed E-state index contributed by atoms with van der Waals surface area (Å²) in [5, 5.41) is 17.3. The maximum absolute atomic E-state index is 12.8. The number of fused-ring (bicyclic) bond motifs is 2. The molecule has 0 fully saturated rings. The normalized spacial score (nSPS) is 14.3. The van der Waals surface area contributed by atoms with E-state index in [1.807, 2.05) is 0 Å². The highest BCUT2D eigenvalue weighted by molar-refractivity contribution is 6.28. The van der Waals surface area contributed by atoms with Crippen molar-refractivity contribution in [2.45, 2.75) is 26.1 Å². The zero-order valence-corrected chi connectivity index (χ0v) is 15.4. The summed E-state index contributed by atoms with van der Waals surface area (Å²) < 4.78 is 10.6. The lowest BCUT2D eigenvalue weighted by molar-refractivity contribution is -0.240. The Morgan fingerprint density at radius 1 is 0.793 bits per heavy atom. The predicted molar refractivity (Wildman–Crippen MR) is 96.3 cm³/mol. The summed E-state index contributed by atoms with van der Waals surface area (Å²) in [6, 6.07) is 8.26. The topological polar surface area (TPSA) is 136 Å². The summed E-state index contributed by atoms with van der Waals surface area (Å²) in [7, 11) is 0. The van der Waals surface area contributed by atoms with E-state index in [0.717, 1.165) is 0 Å². The average Bonchev–Trinajstić information content (AvgIpc) is 2.71. The number of carboxylic acid groups (broad SMARTS) is 1. The molecular weight excluding hydrogens is 384 g/mol. The van der Waals surface area contributed by atoms with Gasteiger partial charge in [-0.05, 0) is 50.2 Å². The predicted octanol–water partition coefficient (Wildman–Crippen LogP) is 2.10. The first kappa shape index (κ1) is 20.0. The van der Waals surface area contributed by atoms with Crippen molar-refractivity contribution >= 4 is 23.5 Å². The third kappa shape index (κ3) is 3.81. The van der Waals surface area contributed by atoms with Gasteiger partial charge in [-0.3, -0.25) is 14.5 Å². The Labute approximate surface area is 164 Å². The summed E-state index contributed by atoms with van der Waals surface area (Å²) in [5.74, 6) is -2.76. The molecule has 150 valence electrons. The zero-order chi connectivity index (χ0) is 21.3. The maximum atomic E-state index is 12.8. The number of carbonyl (C=O) groups excluding carboxylic acids is 3. The summed E-state index contributed by atoms with van der Waals surface area (Å²) in [5.41, 5.74) is 0.467. The quantitative estimate of drug-likeness (QED) is 0.471. The molecule has 2 aromatic rings. The lowest BCUT2D eigenvalue weighted by Gasteiger charge is -2.20. The van der Waals surface area contributed by atoms with Crippen LogP contribution in [0.2, 0.25) is 0 Å². The minimum Gasteiger partial charge on any atom is -0.479 e. The van der Waals surface area contributed by atoms with Crippen LogP contribution in [0.1, 0.15) is 45.7 Å². The zero-order valence-electron chi connectivity index (χ0n) is 15.4. The maximum Gasteiger partial charge on any atom is 0.381 e. The van der Waals surface area contributed by atoms with Crippen LogP contribution in [0.3, 0.4) is 0 Å². The van der Waals surface area contributed by atoms with Gasteiger partial charge in [-0.2, -0.15) is 5.26 Å². The van der Waals surface area contributed by atoms with Crippen molar-refractivity contribution in [3.8, 4) is 11.5 Å². The molecule has 9 heteroatoms. The number of aliphatic carboxylic acids is 1. The molecule has 0 spiro atoms. The smallest absolute Gasteiger partial charge is 0.381 e. The first-order valence-electron chi connectivity index (χ1n) is 8.51. The molecular formula is C20H16O9. The monoisotopic (exact) mass is 400 g/mol. The van der Waals surface area contributed by atoms with Gasteiger partial charge in [-0.15, -0.1) is 0 Å². The fraction of sp³-hybridized carbons (Fsp3) is 0.200. The fourth-order valence-corrected chi connectivity index (χ4v) is 2.84. The highest BCUT2D eigenvalue weighted by Crippen LogP contribution is 2.32. The Morgan fingerprint density at radius 3 is 1.66 bits per heavy atom. The fourth-order valence-electron chi connectivity index (χ4n) is 2.84. The Kier molecular flexibility index (Phi) is 5.33. The van der Waals surface area contributed by atoms with Crippen molar-refractivity contribution < 1.29 is 43.9 Å². The molecule has 3 rings (SSSR count). The van der Waals surface area contributed by atoms with Crippen molar-refractivity contribution in [2.75, 3.05) is 0 Å². The second-order valence-corrected chi connectivity index (χ2v) is 6.34. The molecule has 29 heavy (non-hydrogen) atoms. The van der Waals surface area contributed by atoms with Gasteiger partial charge in [0, 0.05) is 22.3 Å². The van der Waals surface area contributed by atoms with Crippen molar-refractivity contribution in [1.82, 2.24) is 0 Å². The molecule has 0 aliphatic heterocycles. The molecule has 9 nitrogen and oxygen atoms in total. The SMILES string of the molecule is CC(Oc1ccc2c(c1)C(=O)c1ccc(OC(C)C(=O)OO)cc1C2=O)C(=O)O. The van der Waals surface area contributed by atoms with E-state index in [1.165, 1.54) is 50.2 Å². The van der Waals surface area contributed by atoms with Crippen LogP contribution in [0, 0.1) is 0 Å². The average molecular weight is 400 g/mol. The van der Waals surface area contributed by atoms with E-state index in [9.17, 15) is 19.2 Å². The highest BCUT2D eigenvalue weighted by Gasteiger charge is 2.31. The molecule has 2 unspecified atom stereocenters. The van der Waals surface area contributed by atoms with Gasteiger partial charge in [0.15, 0.2) is 23.8 Å². The number of rotatable bonds is 6. The van der Waals surface area contributed by atoms with Crippen LogP contribution >= 0.6 is 0 Å². The number of benzene rings is 2. The molecule has 2 atom stereocenters. The minimum absolute atomic E-state index is 0.0946. The summed E-state index contributed by atoms with van der Waals surface area (Å²) in [6.07, 6.45) is -2.25. The van der Waals surface area contributed by atoms with E-state index in [1.54, 1.807) is 0 Å². The number of ether oxygens (including phenoxy) is 2. The van der Waals surface area contributed by atoms with Crippen LogP contribution < -0.4 is 9.47 Å². The van der Waals surface area contributed by atoms with Crippen LogP contribution in [0.15, 0.2) is 36.4 Å². The van der Waals surface area contributed by atoms with Crippen LogP contribution in [0.25, 0.3) is 0 Å². The third-order valence-electron chi connectivity index (χ3n) is 4.36. The number of hydrogen-bond donors (Lipinski definition) is 2. The van der Waals surface area contributed by atoms with Crippen molar-refractivity contribution in [3.05, 3.63) is 58.7 Å². The van der Waals surface area contributed by atoms with Crippen LogP contribution in [-0.2, 0) is 14.5 Å². The van der Waals surface area contributed by atoms with E-state index < -0.39 is 35.7 Å². The summed E-state index contributed by atoms with van der Waals surface area (Å²) in [6.45, 7) is 2.69. The second kappa shape index (κ2) is 7.72. The lowest BCUT2D eigenvalue weighted by atomic mass is 9.84. The van der Waals surface area contributed by atoms with E-state index in [0.29, 0.717) is 0 Å². The van der Waals surface area contributed by atoms with Gasteiger partial charge in [0.25, 0.3) is 0 Å². The highest BCUT2D eigenvalue weighted by atomic mass is 17.1. The van der Waals surface area contributed by atoms with Crippen LogP contribution in [0.4, 0.5) is 0 Å². The molecule has 2 aromatic carbocycles. The van der Waals surface area contributed by atoms with E-state index in [2.05, 4.69) is 4.89 Å². The largest absolute Gasteiger partial charge is 0.479 e. The van der Waals surface area contributed by atoms with Crippen LogP contribution in [0.5, 0.6) is 11.5 Å².